The predicted octanol–water partition coefficient (Wildman–Crippen LogP) is -0.916. The first kappa shape index (κ1) is 19.5. The first-order valence-electron chi connectivity index (χ1n) is 7.51. The first-order valence-corrected chi connectivity index (χ1v) is 7.51. The molecule has 1 aliphatic heterocycles. The summed E-state index contributed by atoms with van der Waals surface area (Å²) in [6.45, 7) is 3.30. The zero-order valence-corrected chi connectivity index (χ0v) is 13.8. The number of alkyl halides is 1. The van der Waals surface area contributed by atoms with Gasteiger partial charge in [-0.15, -0.1) is 0 Å². The molecule has 1 aliphatic rings. The SMILES string of the molecule is C=C(C)C(=O)OCC(=O)O[C@@H]1C(F)[C@H](n2ccc(N)nc2=O)O[C@@H]1CO. The fraction of sp³-hybridized carbons (Fsp3) is 0.467. The molecule has 1 aromatic heterocycles. The molecule has 11 heteroatoms. The van der Waals surface area contributed by atoms with Crippen molar-refractivity contribution in [1.29, 1.82) is 0 Å². The van der Waals surface area contributed by atoms with Gasteiger partial charge in [-0.2, -0.15) is 4.98 Å². The van der Waals surface area contributed by atoms with Gasteiger partial charge in [-0.25, -0.2) is 18.8 Å². The summed E-state index contributed by atoms with van der Waals surface area (Å²) in [6.07, 6.45) is -5.00. The highest BCUT2D eigenvalue weighted by Crippen LogP contribution is 2.33. The highest BCUT2D eigenvalue weighted by atomic mass is 19.1. The van der Waals surface area contributed by atoms with Crippen LogP contribution in [0.25, 0.3) is 0 Å². The summed E-state index contributed by atoms with van der Waals surface area (Å²) in [5.74, 6) is -1.91. The Morgan fingerprint density at radius 3 is 2.81 bits per heavy atom. The zero-order valence-electron chi connectivity index (χ0n) is 13.8. The minimum Gasteiger partial charge on any atom is -0.454 e. The molecule has 4 atom stereocenters. The van der Waals surface area contributed by atoms with Crippen LogP contribution in [0, 0.1) is 0 Å². The van der Waals surface area contributed by atoms with Gasteiger partial charge in [0.15, 0.2) is 25.1 Å². The molecule has 1 unspecified atom stereocenters. The molecule has 2 heterocycles. The van der Waals surface area contributed by atoms with Crippen LogP contribution in [0.4, 0.5) is 10.2 Å². The van der Waals surface area contributed by atoms with E-state index in [4.69, 9.17) is 15.2 Å². The van der Waals surface area contributed by atoms with Gasteiger partial charge >= 0.3 is 17.6 Å². The number of aliphatic hydroxyl groups is 1. The largest absolute Gasteiger partial charge is 0.454 e. The summed E-state index contributed by atoms with van der Waals surface area (Å²) < 4.78 is 30.3. The normalized spacial score (nSPS) is 24.9. The van der Waals surface area contributed by atoms with Gasteiger partial charge in [0.2, 0.25) is 0 Å². The number of anilines is 1. The van der Waals surface area contributed by atoms with E-state index in [0.29, 0.717) is 0 Å². The highest BCUT2D eigenvalue weighted by molar-refractivity contribution is 5.88. The Hall–Kier alpha value is -2.79. The van der Waals surface area contributed by atoms with Gasteiger partial charge in [0, 0.05) is 11.8 Å². The summed E-state index contributed by atoms with van der Waals surface area (Å²) in [5.41, 5.74) is 4.58. The third-order valence-corrected chi connectivity index (χ3v) is 3.51. The molecule has 1 aromatic rings. The van der Waals surface area contributed by atoms with Gasteiger partial charge in [-0.05, 0) is 13.0 Å². The smallest absolute Gasteiger partial charge is 0.351 e. The fourth-order valence-corrected chi connectivity index (χ4v) is 2.26. The predicted molar refractivity (Wildman–Crippen MR) is 84.5 cm³/mol. The number of nitrogen functional groups attached to an aromatic ring is 1. The summed E-state index contributed by atoms with van der Waals surface area (Å²) in [4.78, 5) is 38.3. The van der Waals surface area contributed by atoms with Crippen LogP contribution in [0.3, 0.4) is 0 Å². The van der Waals surface area contributed by atoms with Gasteiger partial charge in [0.05, 0.1) is 6.61 Å². The molecular formula is C15H18FN3O7. The van der Waals surface area contributed by atoms with Crippen molar-refractivity contribution in [2.45, 2.75) is 31.5 Å². The molecule has 0 aliphatic carbocycles. The number of aromatic nitrogens is 2. The minimum absolute atomic E-state index is 0.0549. The van der Waals surface area contributed by atoms with Crippen molar-refractivity contribution in [3.63, 3.8) is 0 Å². The van der Waals surface area contributed by atoms with E-state index in [1.54, 1.807) is 0 Å². The average Bonchev–Trinajstić information content (AvgIpc) is 2.88. The third kappa shape index (κ3) is 4.24. The maximum atomic E-state index is 14.7. The van der Waals surface area contributed by atoms with E-state index in [-0.39, 0.29) is 11.4 Å². The lowest BCUT2D eigenvalue weighted by Crippen LogP contribution is -2.38. The molecule has 3 N–H and O–H groups in total. The van der Waals surface area contributed by atoms with Gasteiger partial charge in [-0.3, -0.25) is 4.57 Å². The Balaban J connectivity index is 2.08. The fourth-order valence-electron chi connectivity index (χ4n) is 2.26. The van der Waals surface area contributed by atoms with E-state index in [9.17, 15) is 23.9 Å². The second-order valence-electron chi connectivity index (χ2n) is 5.55. The molecule has 0 amide bonds. The van der Waals surface area contributed by atoms with Crippen molar-refractivity contribution < 1.29 is 33.3 Å². The number of carbonyl (C=O) groups is 2. The van der Waals surface area contributed by atoms with Gasteiger partial charge in [0.1, 0.15) is 11.9 Å². The number of ether oxygens (including phenoxy) is 3. The van der Waals surface area contributed by atoms with Crippen LogP contribution in [0.5, 0.6) is 0 Å². The van der Waals surface area contributed by atoms with Crippen LogP contribution < -0.4 is 11.4 Å². The molecule has 2 rings (SSSR count). The molecule has 1 saturated heterocycles. The summed E-state index contributed by atoms with van der Waals surface area (Å²) >= 11 is 0. The van der Waals surface area contributed by atoms with E-state index in [1.165, 1.54) is 19.2 Å². The van der Waals surface area contributed by atoms with Crippen molar-refractivity contribution >= 4 is 17.8 Å². The second kappa shape index (κ2) is 8.06. The summed E-state index contributed by atoms with van der Waals surface area (Å²) in [7, 11) is 0. The van der Waals surface area contributed by atoms with Crippen molar-refractivity contribution in [2.75, 3.05) is 18.9 Å². The quantitative estimate of drug-likeness (QED) is 0.479. The van der Waals surface area contributed by atoms with E-state index >= 15 is 0 Å². The van der Waals surface area contributed by atoms with Crippen LogP contribution in [0.1, 0.15) is 13.2 Å². The molecule has 1 fully saturated rings. The van der Waals surface area contributed by atoms with Crippen LogP contribution >= 0.6 is 0 Å². The van der Waals surface area contributed by atoms with E-state index < -0.39 is 55.4 Å². The van der Waals surface area contributed by atoms with Gasteiger partial charge in [-0.1, -0.05) is 6.58 Å². The van der Waals surface area contributed by atoms with Gasteiger partial charge in [0.25, 0.3) is 0 Å². The molecule has 0 spiro atoms. The zero-order chi connectivity index (χ0) is 19.4. The minimum atomic E-state index is -1.98. The lowest BCUT2D eigenvalue weighted by Gasteiger charge is -2.18. The molecule has 0 saturated carbocycles. The Kier molecular flexibility index (Phi) is 6.05. The highest BCUT2D eigenvalue weighted by Gasteiger charge is 2.48. The standard InChI is InChI=1S/C15H18FN3O7/c1-7(2)14(22)24-6-10(21)26-12-8(5-20)25-13(11(12)16)19-4-3-9(17)18-15(19)23/h3-4,8,11-13,20H,1,5-6H2,2H3,(H2,17,18,23)/t8-,11?,12+,13-/m1/s1. The van der Waals surface area contributed by atoms with Crippen LogP contribution in [-0.2, 0) is 23.8 Å². The number of esters is 2. The number of carbonyl (C=O) groups excluding carboxylic acids is 2. The topological polar surface area (TPSA) is 143 Å². The lowest BCUT2D eigenvalue weighted by atomic mass is 10.1. The maximum absolute atomic E-state index is 14.7. The number of nitrogens with two attached hydrogens (primary N) is 1. The monoisotopic (exact) mass is 371 g/mol. The maximum Gasteiger partial charge on any atom is 0.351 e. The van der Waals surface area contributed by atoms with E-state index in [1.807, 2.05) is 0 Å². The van der Waals surface area contributed by atoms with Crippen LogP contribution in [0.2, 0.25) is 0 Å². The second-order valence-corrected chi connectivity index (χ2v) is 5.55. The number of hydrogen-bond acceptors (Lipinski definition) is 9. The molecule has 0 radical (unpaired) electrons. The molecule has 0 aromatic carbocycles. The number of aliphatic hydroxyl groups excluding tert-OH is 1. The molecular weight excluding hydrogens is 353 g/mol. The molecule has 0 bridgehead atoms. The van der Waals surface area contributed by atoms with Gasteiger partial charge < -0.3 is 25.1 Å². The van der Waals surface area contributed by atoms with Crippen LogP contribution in [-0.4, -0.2) is 58.2 Å². The number of hydrogen-bond donors (Lipinski definition) is 2. The molecule has 142 valence electrons. The van der Waals surface area contributed by atoms with Crippen molar-refractivity contribution in [2.24, 2.45) is 0 Å². The first-order chi connectivity index (χ1) is 12.2. The molecule has 26 heavy (non-hydrogen) atoms. The Labute approximate surface area is 147 Å². The number of halogens is 1. The molecule has 10 nitrogen and oxygen atoms in total. The van der Waals surface area contributed by atoms with Crippen LogP contribution in [0.15, 0.2) is 29.2 Å². The third-order valence-electron chi connectivity index (χ3n) is 3.51. The van der Waals surface area contributed by atoms with E-state index in [2.05, 4.69) is 16.3 Å². The number of rotatable bonds is 6. The Bertz CT molecular complexity index is 766. The van der Waals surface area contributed by atoms with Crippen molar-refractivity contribution in [3.8, 4) is 0 Å². The summed E-state index contributed by atoms with van der Waals surface area (Å²) in [6, 6.07) is 1.27. The Morgan fingerprint density at radius 2 is 2.23 bits per heavy atom. The van der Waals surface area contributed by atoms with Crippen molar-refractivity contribution in [1.82, 2.24) is 9.55 Å². The summed E-state index contributed by atoms with van der Waals surface area (Å²) in [5, 5.41) is 9.33. The Morgan fingerprint density at radius 1 is 1.54 bits per heavy atom. The average molecular weight is 371 g/mol. The van der Waals surface area contributed by atoms with Crippen molar-refractivity contribution in [3.05, 3.63) is 34.9 Å². The lowest BCUT2D eigenvalue weighted by molar-refractivity contribution is -0.164. The number of nitrogens with zero attached hydrogens (tertiary/aromatic N) is 2. The van der Waals surface area contributed by atoms with E-state index in [0.717, 1.165) is 4.57 Å².